The number of amides is 3. The highest BCUT2D eigenvalue weighted by Gasteiger charge is 2.41. The van der Waals surface area contributed by atoms with Crippen molar-refractivity contribution in [2.75, 3.05) is 18.1 Å². The number of aldehydes is 1. The van der Waals surface area contributed by atoms with Crippen molar-refractivity contribution in [2.24, 2.45) is 0 Å². The maximum absolute atomic E-state index is 12.8. The van der Waals surface area contributed by atoms with E-state index < -0.39 is 21.6 Å². The molecule has 182 valence electrons. The van der Waals surface area contributed by atoms with Crippen molar-refractivity contribution in [2.45, 2.75) is 43.5 Å². The lowest BCUT2D eigenvalue weighted by molar-refractivity contribution is -0.112. The normalized spacial score (nSPS) is 15.0. The molecule has 11 heteroatoms. The van der Waals surface area contributed by atoms with E-state index >= 15 is 0 Å². The summed E-state index contributed by atoms with van der Waals surface area (Å²) in [7, 11) is -4.19. The molecule has 3 rings (SSSR count). The Morgan fingerprint density at radius 1 is 1.24 bits per heavy atom. The van der Waals surface area contributed by atoms with Gasteiger partial charge in [-0.05, 0) is 48.7 Å². The van der Waals surface area contributed by atoms with Gasteiger partial charge in [-0.2, -0.15) is 0 Å². The van der Waals surface area contributed by atoms with Crippen molar-refractivity contribution in [1.82, 2.24) is 15.4 Å². The number of carbonyl (C=O) groups is 3. The molecule has 1 unspecified atom stereocenters. The molecular weight excluding hydrogens is 480 g/mol. The maximum Gasteiger partial charge on any atom is 0.328 e. The Morgan fingerprint density at radius 2 is 2.00 bits per heavy atom. The molecule has 1 atom stereocenters. The van der Waals surface area contributed by atoms with Gasteiger partial charge in [-0.1, -0.05) is 44.0 Å². The SMILES string of the molecule is CCCCNC(=O)NS(=O)(=O)c1cccc(C(C=O)(CC)N2CNC(=O)c3cc(Cl)ccc32)c1. The van der Waals surface area contributed by atoms with Crippen LogP contribution in [0.3, 0.4) is 0 Å². The lowest BCUT2D eigenvalue weighted by Crippen LogP contribution is -2.55. The fourth-order valence-electron chi connectivity index (χ4n) is 3.91. The third kappa shape index (κ3) is 5.02. The van der Waals surface area contributed by atoms with Gasteiger partial charge in [0.1, 0.15) is 11.8 Å². The molecule has 34 heavy (non-hydrogen) atoms. The molecule has 0 saturated carbocycles. The number of hydrogen-bond acceptors (Lipinski definition) is 6. The fourth-order valence-corrected chi connectivity index (χ4v) is 5.05. The van der Waals surface area contributed by atoms with Gasteiger partial charge in [0.25, 0.3) is 15.9 Å². The molecule has 0 saturated heterocycles. The highest BCUT2D eigenvalue weighted by Crippen LogP contribution is 2.39. The molecule has 1 aliphatic rings. The van der Waals surface area contributed by atoms with Crippen LogP contribution in [0.4, 0.5) is 10.5 Å². The van der Waals surface area contributed by atoms with E-state index in [4.69, 9.17) is 11.6 Å². The Kier molecular flexibility index (Phi) is 7.83. The molecule has 2 aromatic rings. The smallest absolute Gasteiger partial charge is 0.328 e. The number of hydrogen-bond donors (Lipinski definition) is 3. The second-order valence-electron chi connectivity index (χ2n) is 7.89. The zero-order valence-corrected chi connectivity index (χ0v) is 20.5. The van der Waals surface area contributed by atoms with Crippen LogP contribution in [0.5, 0.6) is 0 Å². The average Bonchev–Trinajstić information content (AvgIpc) is 2.82. The van der Waals surface area contributed by atoms with Gasteiger partial charge in [-0.3, -0.25) is 4.79 Å². The van der Waals surface area contributed by atoms with Crippen LogP contribution in [0.25, 0.3) is 0 Å². The first kappa shape index (κ1) is 25.5. The Hall–Kier alpha value is -3.11. The van der Waals surface area contributed by atoms with Gasteiger partial charge in [0.2, 0.25) is 0 Å². The second-order valence-corrected chi connectivity index (χ2v) is 10.0. The van der Waals surface area contributed by atoms with Gasteiger partial charge in [-0.15, -0.1) is 0 Å². The molecule has 0 spiro atoms. The number of fused-ring (bicyclic) bond motifs is 1. The van der Waals surface area contributed by atoms with Crippen molar-refractivity contribution in [3.63, 3.8) is 0 Å². The third-order valence-corrected chi connectivity index (χ3v) is 7.36. The molecule has 0 aliphatic carbocycles. The van der Waals surface area contributed by atoms with E-state index in [-0.39, 0.29) is 23.9 Å². The van der Waals surface area contributed by atoms with Gasteiger partial charge < -0.3 is 20.3 Å². The van der Waals surface area contributed by atoms with E-state index in [2.05, 4.69) is 10.6 Å². The molecule has 1 heterocycles. The highest BCUT2D eigenvalue weighted by molar-refractivity contribution is 7.90. The summed E-state index contributed by atoms with van der Waals surface area (Å²) < 4.78 is 27.7. The molecule has 1 aliphatic heterocycles. The minimum atomic E-state index is -4.19. The summed E-state index contributed by atoms with van der Waals surface area (Å²) >= 11 is 6.07. The minimum Gasteiger partial charge on any atom is -0.337 e. The van der Waals surface area contributed by atoms with Crippen molar-refractivity contribution in [1.29, 1.82) is 0 Å². The van der Waals surface area contributed by atoms with Crippen molar-refractivity contribution in [3.8, 4) is 0 Å². The topological polar surface area (TPSA) is 125 Å². The predicted octanol–water partition coefficient (Wildman–Crippen LogP) is 3.14. The molecule has 0 fully saturated rings. The molecule has 3 amide bonds. The number of sulfonamides is 1. The number of benzene rings is 2. The van der Waals surface area contributed by atoms with Crippen LogP contribution in [-0.4, -0.2) is 39.9 Å². The molecular formula is C23H27ClN4O5S. The van der Waals surface area contributed by atoms with E-state index in [9.17, 15) is 22.8 Å². The molecule has 0 bridgehead atoms. The quantitative estimate of drug-likeness (QED) is 0.354. The van der Waals surface area contributed by atoms with Crippen LogP contribution in [0.1, 0.15) is 49.0 Å². The van der Waals surface area contributed by atoms with E-state index in [0.717, 1.165) is 19.1 Å². The van der Waals surface area contributed by atoms with E-state index in [1.807, 2.05) is 11.6 Å². The van der Waals surface area contributed by atoms with Crippen LogP contribution < -0.4 is 20.3 Å². The molecule has 0 aromatic heterocycles. The standard InChI is InChI=1S/C23H27ClN4O5S/c1-3-5-11-25-22(31)27-34(32,33)18-8-6-7-16(12-18)23(4-2,14-29)28-15-26-21(30)19-13-17(24)9-10-20(19)28/h6-10,12-14H,3-5,11,15H2,1-2H3,(H,26,30)(H2,25,27,31). The maximum atomic E-state index is 12.8. The fraction of sp³-hybridized carbons (Fsp3) is 0.348. The first-order valence-corrected chi connectivity index (χ1v) is 12.8. The summed E-state index contributed by atoms with van der Waals surface area (Å²) in [5, 5.41) is 5.62. The van der Waals surface area contributed by atoms with E-state index in [1.54, 1.807) is 30.0 Å². The monoisotopic (exact) mass is 506 g/mol. The summed E-state index contributed by atoms with van der Waals surface area (Å²) in [5.41, 5.74) is -0.0710. The molecule has 0 radical (unpaired) electrons. The zero-order valence-electron chi connectivity index (χ0n) is 18.9. The minimum absolute atomic E-state index is 0.0368. The van der Waals surface area contributed by atoms with Crippen molar-refractivity contribution < 1.29 is 22.8 Å². The van der Waals surface area contributed by atoms with Gasteiger partial charge in [0, 0.05) is 11.6 Å². The van der Waals surface area contributed by atoms with E-state index in [0.29, 0.717) is 28.4 Å². The first-order valence-electron chi connectivity index (χ1n) is 10.9. The van der Waals surface area contributed by atoms with Gasteiger partial charge in [0.05, 0.1) is 22.8 Å². The van der Waals surface area contributed by atoms with Crippen LogP contribution in [-0.2, 0) is 20.4 Å². The number of carbonyl (C=O) groups excluding carboxylic acids is 3. The number of urea groups is 1. The second kappa shape index (κ2) is 10.4. The Morgan fingerprint density at radius 3 is 2.68 bits per heavy atom. The van der Waals surface area contributed by atoms with Gasteiger partial charge >= 0.3 is 6.03 Å². The Balaban J connectivity index is 2.00. The van der Waals surface area contributed by atoms with Gasteiger partial charge in [-0.25, -0.2) is 17.9 Å². The summed E-state index contributed by atoms with van der Waals surface area (Å²) in [6.45, 7) is 4.14. The first-order chi connectivity index (χ1) is 16.2. The van der Waals surface area contributed by atoms with E-state index in [1.165, 1.54) is 24.3 Å². The number of nitrogens with one attached hydrogen (secondary N) is 3. The number of anilines is 1. The number of nitrogens with zero attached hydrogens (tertiary/aromatic N) is 1. The average molecular weight is 507 g/mol. The number of unbranched alkanes of at least 4 members (excludes halogenated alkanes) is 1. The summed E-state index contributed by atoms with van der Waals surface area (Å²) in [4.78, 5) is 38.6. The van der Waals surface area contributed by atoms with Crippen LogP contribution in [0.15, 0.2) is 47.4 Å². The molecule has 2 aromatic carbocycles. The predicted molar refractivity (Wildman–Crippen MR) is 129 cm³/mol. The highest BCUT2D eigenvalue weighted by atomic mass is 35.5. The van der Waals surface area contributed by atoms with Crippen LogP contribution in [0, 0.1) is 0 Å². The van der Waals surface area contributed by atoms with Gasteiger partial charge in [0.15, 0.2) is 0 Å². The largest absolute Gasteiger partial charge is 0.337 e. The summed E-state index contributed by atoms with van der Waals surface area (Å²) in [5.74, 6) is -0.320. The van der Waals surface area contributed by atoms with Crippen molar-refractivity contribution in [3.05, 3.63) is 58.6 Å². The lowest BCUT2D eigenvalue weighted by atomic mass is 9.85. The Labute approximate surface area is 203 Å². The summed E-state index contributed by atoms with van der Waals surface area (Å²) in [6, 6.07) is 9.86. The zero-order chi connectivity index (χ0) is 24.9. The number of halogens is 1. The molecule has 9 nitrogen and oxygen atoms in total. The lowest BCUT2D eigenvalue weighted by Gasteiger charge is -2.44. The van der Waals surface area contributed by atoms with Crippen molar-refractivity contribution >= 4 is 45.5 Å². The van der Waals surface area contributed by atoms with Crippen LogP contribution >= 0.6 is 11.6 Å². The molecule has 3 N–H and O–H groups in total. The Bertz CT molecular complexity index is 1200. The third-order valence-electron chi connectivity index (χ3n) is 5.79. The van der Waals surface area contributed by atoms with Crippen LogP contribution in [0.2, 0.25) is 5.02 Å². The summed E-state index contributed by atoms with van der Waals surface area (Å²) in [6.07, 6.45) is 2.59. The number of rotatable bonds is 9.